The van der Waals surface area contributed by atoms with Crippen molar-refractivity contribution in [2.75, 3.05) is 20.0 Å². The fourth-order valence-corrected chi connectivity index (χ4v) is 0. The van der Waals surface area contributed by atoms with E-state index in [0.717, 1.165) is 0 Å². The molecule has 0 aliphatic carbocycles. The molecule has 0 N–H and O–H groups in total. The van der Waals surface area contributed by atoms with Gasteiger partial charge in [0.25, 0.3) is 0 Å². The van der Waals surface area contributed by atoms with Crippen molar-refractivity contribution < 1.29 is 0 Å². The van der Waals surface area contributed by atoms with Gasteiger partial charge in [-0.1, -0.05) is 26.7 Å². The molecule has 0 saturated heterocycles. The van der Waals surface area contributed by atoms with Gasteiger partial charge in [-0.3, -0.25) is 0 Å². The lowest BCUT2D eigenvalue weighted by Gasteiger charge is -1.98. The monoisotopic (exact) mass is 165 g/mol. The molecule has 2 heteroatoms. The molecule has 0 unspecified atom stereocenters. The molecule has 0 aromatic heterocycles. The van der Waals surface area contributed by atoms with Crippen molar-refractivity contribution in [1.29, 1.82) is 0 Å². The molecule has 0 heterocycles. The standard InChI is InChI=1S/C4H10.C3H12PSi/c1-3-4-2;1-4(2,3)5/h3-4H2,1-2H3;1-3,5H3/q;+1. The molecule has 0 rings (SSSR count). The van der Waals surface area contributed by atoms with Crippen LogP contribution in [0.1, 0.15) is 26.7 Å². The molecule has 0 aromatic rings. The average Bonchev–Trinajstić information content (AvgIpc) is 1.61. The van der Waals surface area contributed by atoms with Crippen LogP contribution in [0.3, 0.4) is 0 Å². The summed E-state index contributed by atoms with van der Waals surface area (Å²) in [7, 11) is 1.42. The molecule has 0 atom stereocenters. The van der Waals surface area contributed by atoms with Gasteiger partial charge in [0.2, 0.25) is 0 Å². The van der Waals surface area contributed by atoms with Crippen LogP contribution in [-0.2, 0) is 0 Å². The molecule has 0 aromatic carbocycles. The van der Waals surface area contributed by atoms with Crippen LogP contribution in [0.15, 0.2) is 0 Å². The van der Waals surface area contributed by atoms with Crippen molar-refractivity contribution >= 4 is 16.7 Å². The van der Waals surface area contributed by atoms with E-state index in [-0.39, 0.29) is 6.81 Å². The van der Waals surface area contributed by atoms with E-state index in [1.54, 1.807) is 0 Å². The molecule has 0 amide bonds. The zero-order valence-electron chi connectivity index (χ0n) is 7.86. The third kappa shape index (κ3) is 141. The highest BCUT2D eigenvalue weighted by Gasteiger charge is 2.02. The lowest BCUT2D eigenvalue weighted by atomic mass is 10.4. The van der Waals surface area contributed by atoms with Gasteiger partial charge in [-0.2, -0.15) is 0 Å². The van der Waals surface area contributed by atoms with Gasteiger partial charge in [0.05, 0.1) is 0 Å². The van der Waals surface area contributed by atoms with E-state index in [9.17, 15) is 0 Å². The Morgan fingerprint density at radius 1 is 1.00 bits per heavy atom. The highest BCUT2D eigenvalue weighted by Crippen LogP contribution is 2.38. The maximum atomic E-state index is 2.36. The third-order valence-corrected chi connectivity index (χ3v) is 0.500. The maximum absolute atomic E-state index is 2.36. The molecule has 0 aliphatic heterocycles. The zero-order chi connectivity index (χ0) is 7.91. The Balaban J connectivity index is 0. The summed E-state index contributed by atoms with van der Waals surface area (Å²) < 4.78 is 0. The fraction of sp³-hybridized carbons (Fsp3) is 1.00. The lowest BCUT2D eigenvalue weighted by molar-refractivity contribution is 0.886. The Hall–Kier alpha value is 0.647. The first-order valence-electron chi connectivity index (χ1n) is 3.70. The summed E-state index contributed by atoms with van der Waals surface area (Å²) in [6.45, 7) is 11.2. The van der Waals surface area contributed by atoms with Gasteiger partial charge in [-0.05, 0) is 6.81 Å². The lowest BCUT2D eigenvalue weighted by Crippen LogP contribution is -1.77. The van der Waals surface area contributed by atoms with Crippen molar-refractivity contribution in [3.05, 3.63) is 0 Å². The average molecular weight is 165 g/mol. The number of rotatable bonds is 1. The predicted molar refractivity (Wildman–Crippen MR) is 55.2 cm³/mol. The first kappa shape index (κ1) is 12.3. The Morgan fingerprint density at radius 2 is 1.11 bits per heavy atom. The maximum Gasteiger partial charge on any atom is 0.183 e. The second-order valence-corrected chi connectivity index (χ2v) is 17.1. The molecule has 0 bridgehead atoms. The SMILES string of the molecule is CCCC.C[P+](C)(C)[SiH3]. The van der Waals surface area contributed by atoms with Gasteiger partial charge in [0, 0.05) is 20.0 Å². The number of hydrogen-bond donors (Lipinski definition) is 0. The van der Waals surface area contributed by atoms with Crippen LogP contribution in [0.5, 0.6) is 0 Å². The minimum atomic E-state index is -0.250. The second kappa shape index (κ2) is 6.76. The molecule has 9 heavy (non-hydrogen) atoms. The topological polar surface area (TPSA) is 0 Å². The van der Waals surface area contributed by atoms with Gasteiger partial charge in [-0.25, -0.2) is 0 Å². The van der Waals surface area contributed by atoms with Crippen molar-refractivity contribution in [3.63, 3.8) is 0 Å². The van der Waals surface area contributed by atoms with Crippen LogP contribution in [-0.4, -0.2) is 29.9 Å². The van der Waals surface area contributed by atoms with Crippen molar-refractivity contribution in [3.8, 4) is 0 Å². The molecular formula is C7H22PSi+. The zero-order valence-corrected chi connectivity index (χ0v) is 10.8. The van der Waals surface area contributed by atoms with E-state index in [1.165, 1.54) is 22.8 Å². The summed E-state index contributed by atoms with van der Waals surface area (Å²) >= 11 is 0. The second-order valence-electron chi connectivity index (χ2n) is 3.68. The molecule has 58 valence electrons. The van der Waals surface area contributed by atoms with E-state index in [4.69, 9.17) is 0 Å². The normalized spacial score (nSPS) is 10.3. The van der Waals surface area contributed by atoms with E-state index < -0.39 is 0 Å². The van der Waals surface area contributed by atoms with Crippen LogP contribution in [0, 0.1) is 0 Å². The third-order valence-electron chi connectivity index (χ3n) is 0.500. The van der Waals surface area contributed by atoms with Gasteiger partial charge >= 0.3 is 0 Å². The van der Waals surface area contributed by atoms with E-state index in [1.807, 2.05) is 0 Å². The molecule has 0 aliphatic rings. The van der Waals surface area contributed by atoms with Crippen LogP contribution in [0.4, 0.5) is 0 Å². The summed E-state index contributed by atoms with van der Waals surface area (Å²) in [4.78, 5) is 0. The molecule has 0 spiro atoms. The van der Waals surface area contributed by atoms with Crippen LogP contribution < -0.4 is 0 Å². The van der Waals surface area contributed by atoms with Gasteiger partial charge in [0.1, 0.15) is 0 Å². The van der Waals surface area contributed by atoms with Gasteiger partial charge in [-0.15, -0.1) is 0 Å². The molecular weight excluding hydrogens is 143 g/mol. The quantitative estimate of drug-likeness (QED) is 0.412. The highest BCUT2D eigenvalue weighted by atomic mass is 31.4. The van der Waals surface area contributed by atoms with Crippen LogP contribution in [0.25, 0.3) is 0 Å². The smallest absolute Gasteiger partial charge is 0.0654 e. The summed E-state index contributed by atoms with van der Waals surface area (Å²) in [5.41, 5.74) is 0. The molecule has 0 nitrogen and oxygen atoms in total. The highest BCUT2D eigenvalue weighted by molar-refractivity contribution is 7.95. The summed E-state index contributed by atoms with van der Waals surface area (Å²) in [6, 6.07) is 0. The Labute approximate surface area is 64.0 Å². The minimum absolute atomic E-state index is 0.250. The van der Waals surface area contributed by atoms with E-state index in [0.29, 0.717) is 0 Å². The Morgan fingerprint density at radius 3 is 1.11 bits per heavy atom. The van der Waals surface area contributed by atoms with Gasteiger partial charge in [0.15, 0.2) is 9.91 Å². The van der Waals surface area contributed by atoms with Crippen LogP contribution >= 0.6 is 6.81 Å². The summed E-state index contributed by atoms with van der Waals surface area (Å²) in [5, 5.41) is 0. The Kier molecular flexibility index (Phi) is 9.27. The summed E-state index contributed by atoms with van der Waals surface area (Å²) in [6.07, 6.45) is 2.64. The molecule has 0 saturated carbocycles. The van der Waals surface area contributed by atoms with Crippen LogP contribution in [0.2, 0.25) is 0 Å². The first-order chi connectivity index (χ1) is 3.91. The van der Waals surface area contributed by atoms with Gasteiger partial charge < -0.3 is 0 Å². The van der Waals surface area contributed by atoms with Crippen molar-refractivity contribution in [1.82, 2.24) is 0 Å². The largest absolute Gasteiger partial charge is 0.183 e. The fourth-order valence-electron chi connectivity index (χ4n) is 0. The van der Waals surface area contributed by atoms with E-state index in [2.05, 4.69) is 33.8 Å². The molecule has 0 fully saturated rings. The predicted octanol–water partition coefficient (Wildman–Crippen LogP) is 1.98. The first-order valence-corrected chi connectivity index (χ1v) is 9.96. The molecule has 0 radical (unpaired) electrons. The van der Waals surface area contributed by atoms with Crippen molar-refractivity contribution in [2.24, 2.45) is 0 Å². The number of unbranched alkanes of at least 4 members (excludes halogenated alkanes) is 1. The number of hydrogen-bond acceptors (Lipinski definition) is 0. The minimum Gasteiger partial charge on any atom is -0.0654 e. The Bertz CT molecular complexity index is 39.4. The summed E-state index contributed by atoms with van der Waals surface area (Å²) in [5.74, 6) is 0. The van der Waals surface area contributed by atoms with E-state index >= 15 is 0 Å². The van der Waals surface area contributed by atoms with Crippen molar-refractivity contribution in [2.45, 2.75) is 26.7 Å².